The van der Waals surface area contributed by atoms with Gasteiger partial charge in [0.05, 0.1) is 19.3 Å². The van der Waals surface area contributed by atoms with Crippen LogP contribution in [0.5, 0.6) is 0 Å². The lowest BCUT2D eigenvalue weighted by Gasteiger charge is -2.28. The Morgan fingerprint density at radius 2 is 1.79 bits per heavy atom. The van der Waals surface area contributed by atoms with Gasteiger partial charge in [-0.05, 0) is 19.3 Å². The summed E-state index contributed by atoms with van der Waals surface area (Å²) in [6.45, 7) is 1.09. The second-order valence-electron chi connectivity index (χ2n) is 3.56. The highest BCUT2D eigenvalue weighted by Gasteiger charge is 2.18. The molecule has 1 aliphatic heterocycles. The fraction of sp³-hybridized carbons (Fsp3) is 0.889. The van der Waals surface area contributed by atoms with Crippen LogP contribution in [0.25, 0.3) is 0 Å². The molecule has 1 fully saturated rings. The third kappa shape index (κ3) is 3.16. The molecule has 0 radical (unpaired) electrons. The monoisotopic (exact) mass is 202 g/mol. The van der Waals surface area contributed by atoms with Crippen molar-refractivity contribution in [2.45, 2.75) is 25.3 Å². The zero-order valence-corrected chi connectivity index (χ0v) is 8.28. The number of carbonyl (C=O) groups excluding carboxylic acids is 1. The topological polar surface area (TPSA) is 72.8 Å². The molecule has 82 valence electrons. The highest BCUT2D eigenvalue weighted by Crippen LogP contribution is 2.08. The van der Waals surface area contributed by atoms with Crippen LogP contribution in [0.15, 0.2) is 0 Å². The molecule has 0 unspecified atom stereocenters. The Balaban J connectivity index is 2.32. The predicted octanol–water partition coefficient (Wildman–Crippen LogP) is -0.465. The van der Waals surface area contributed by atoms with Crippen molar-refractivity contribution in [3.8, 4) is 0 Å². The summed E-state index contributed by atoms with van der Waals surface area (Å²) in [5, 5.41) is 20.1. The van der Waals surface area contributed by atoms with Crippen LogP contribution in [0.2, 0.25) is 0 Å². The molecular formula is C9H18N2O3. The normalized spacial score (nSPS) is 17.2. The van der Waals surface area contributed by atoms with Gasteiger partial charge in [-0.2, -0.15) is 0 Å². The van der Waals surface area contributed by atoms with E-state index < -0.39 is 6.04 Å². The molecule has 0 saturated carbocycles. The quantitative estimate of drug-likeness (QED) is 0.579. The molecule has 0 aliphatic carbocycles. The molecule has 2 amide bonds. The lowest BCUT2D eigenvalue weighted by Crippen LogP contribution is -2.49. The van der Waals surface area contributed by atoms with Gasteiger partial charge < -0.3 is 20.4 Å². The smallest absolute Gasteiger partial charge is 0.317 e. The Labute approximate surface area is 83.7 Å². The van der Waals surface area contributed by atoms with Crippen molar-refractivity contribution in [2.75, 3.05) is 26.3 Å². The molecule has 0 aromatic heterocycles. The van der Waals surface area contributed by atoms with Crippen LogP contribution < -0.4 is 5.32 Å². The summed E-state index contributed by atoms with van der Waals surface area (Å²) in [4.78, 5) is 13.2. The average molecular weight is 202 g/mol. The van der Waals surface area contributed by atoms with Crippen molar-refractivity contribution >= 4 is 6.03 Å². The van der Waals surface area contributed by atoms with Gasteiger partial charge in [-0.3, -0.25) is 0 Å². The summed E-state index contributed by atoms with van der Waals surface area (Å²) in [6, 6.07) is -0.720. The standard InChI is InChI=1S/C9H18N2O3/c12-6-8(7-13)10-9(14)11-4-2-1-3-5-11/h8,12-13H,1-7H2,(H,10,14). The number of hydrogen-bond donors (Lipinski definition) is 3. The maximum absolute atomic E-state index is 11.5. The van der Waals surface area contributed by atoms with Crippen molar-refractivity contribution < 1.29 is 15.0 Å². The number of likely N-dealkylation sites (tertiary alicyclic amines) is 1. The zero-order chi connectivity index (χ0) is 10.4. The summed E-state index contributed by atoms with van der Waals surface area (Å²) in [7, 11) is 0. The minimum atomic E-state index is -0.538. The summed E-state index contributed by atoms with van der Waals surface area (Å²) >= 11 is 0. The van der Waals surface area contributed by atoms with Gasteiger partial charge in [0.1, 0.15) is 0 Å². The molecule has 14 heavy (non-hydrogen) atoms. The third-order valence-electron chi connectivity index (χ3n) is 2.41. The minimum absolute atomic E-state index is 0.183. The zero-order valence-electron chi connectivity index (χ0n) is 8.28. The fourth-order valence-corrected chi connectivity index (χ4v) is 1.51. The molecule has 3 N–H and O–H groups in total. The molecule has 0 spiro atoms. The van der Waals surface area contributed by atoms with E-state index in [0.717, 1.165) is 25.9 Å². The first-order valence-electron chi connectivity index (χ1n) is 5.05. The van der Waals surface area contributed by atoms with Crippen LogP contribution in [0.3, 0.4) is 0 Å². The van der Waals surface area contributed by atoms with Crippen LogP contribution in [-0.2, 0) is 0 Å². The van der Waals surface area contributed by atoms with E-state index in [1.807, 2.05) is 0 Å². The molecule has 1 saturated heterocycles. The molecule has 0 bridgehead atoms. The van der Waals surface area contributed by atoms with Gasteiger partial charge >= 0.3 is 6.03 Å². The second kappa shape index (κ2) is 5.82. The van der Waals surface area contributed by atoms with Gasteiger partial charge in [-0.1, -0.05) is 0 Å². The lowest BCUT2D eigenvalue weighted by molar-refractivity contribution is 0.148. The van der Waals surface area contributed by atoms with Crippen molar-refractivity contribution in [3.05, 3.63) is 0 Å². The highest BCUT2D eigenvalue weighted by molar-refractivity contribution is 5.74. The fourth-order valence-electron chi connectivity index (χ4n) is 1.51. The van der Waals surface area contributed by atoms with Crippen LogP contribution in [0.4, 0.5) is 4.79 Å². The number of urea groups is 1. The van der Waals surface area contributed by atoms with E-state index in [4.69, 9.17) is 10.2 Å². The van der Waals surface area contributed by atoms with Crippen molar-refractivity contribution in [2.24, 2.45) is 0 Å². The first-order chi connectivity index (χ1) is 6.77. The van der Waals surface area contributed by atoms with Gasteiger partial charge in [-0.25, -0.2) is 4.79 Å². The van der Waals surface area contributed by atoms with E-state index in [1.165, 1.54) is 6.42 Å². The molecule has 1 heterocycles. The summed E-state index contributed by atoms with van der Waals surface area (Å²) < 4.78 is 0. The second-order valence-corrected chi connectivity index (χ2v) is 3.56. The van der Waals surface area contributed by atoms with Gasteiger partial charge in [0, 0.05) is 13.1 Å². The Hall–Kier alpha value is -0.810. The van der Waals surface area contributed by atoms with Crippen molar-refractivity contribution in [1.82, 2.24) is 10.2 Å². The molecule has 1 rings (SSSR count). The van der Waals surface area contributed by atoms with E-state index in [0.29, 0.717) is 0 Å². The highest BCUT2D eigenvalue weighted by atomic mass is 16.3. The molecule has 5 nitrogen and oxygen atoms in total. The number of aliphatic hydroxyl groups is 2. The summed E-state index contributed by atoms with van der Waals surface area (Å²) in [6.07, 6.45) is 3.25. The van der Waals surface area contributed by atoms with Gasteiger partial charge in [0.15, 0.2) is 0 Å². The number of hydrogen-bond acceptors (Lipinski definition) is 3. The van der Waals surface area contributed by atoms with E-state index in [2.05, 4.69) is 5.32 Å². The number of rotatable bonds is 3. The Kier molecular flexibility index (Phi) is 4.69. The maximum atomic E-state index is 11.5. The van der Waals surface area contributed by atoms with Crippen molar-refractivity contribution in [1.29, 1.82) is 0 Å². The molecule has 0 atom stereocenters. The first kappa shape index (κ1) is 11.3. The molecule has 0 aromatic rings. The third-order valence-corrected chi connectivity index (χ3v) is 2.41. The predicted molar refractivity (Wildman–Crippen MR) is 51.9 cm³/mol. The van der Waals surface area contributed by atoms with Gasteiger partial charge in [0.2, 0.25) is 0 Å². The van der Waals surface area contributed by atoms with E-state index >= 15 is 0 Å². The van der Waals surface area contributed by atoms with Crippen molar-refractivity contribution in [3.63, 3.8) is 0 Å². The van der Waals surface area contributed by atoms with E-state index in [-0.39, 0.29) is 19.2 Å². The number of carbonyl (C=O) groups is 1. The van der Waals surface area contributed by atoms with Crippen LogP contribution in [-0.4, -0.2) is 53.5 Å². The summed E-state index contributed by atoms with van der Waals surface area (Å²) in [5.74, 6) is 0. The minimum Gasteiger partial charge on any atom is -0.394 e. The van der Waals surface area contributed by atoms with Gasteiger partial charge in [-0.15, -0.1) is 0 Å². The number of nitrogens with zero attached hydrogens (tertiary/aromatic N) is 1. The Morgan fingerprint density at radius 1 is 1.21 bits per heavy atom. The van der Waals surface area contributed by atoms with Gasteiger partial charge in [0.25, 0.3) is 0 Å². The number of amides is 2. The number of aliphatic hydroxyl groups excluding tert-OH is 2. The molecule has 5 heteroatoms. The largest absolute Gasteiger partial charge is 0.394 e. The molecular weight excluding hydrogens is 184 g/mol. The van der Waals surface area contributed by atoms with E-state index in [1.54, 1.807) is 4.90 Å². The SMILES string of the molecule is O=C(NC(CO)CO)N1CCCCC1. The van der Waals surface area contributed by atoms with E-state index in [9.17, 15) is 4.79 Å². The Bertz CT molecular complexity index is 177. The maximum Gasteiger partial charge on any atom is 0.317 e. The molecule has 0 aromatic carbocycles. The van der Waals surface area contributed by atoms with Crippen LogP contribution >= 0.6 is 0 Å². The number of piperidine rings is 1. The number of nitrogens with one attached hydrogen (secondary N) is 1. The summed E-state index contributed by atoms with van der Waals surface area (Å²) in [5.41, 5.74) is 0. The first-order valence-corrected chi connectivity index (χ1v) is 5.05. The Morgan fingerprint density at radius 3 is 2.29 bits per heavy atom. The van der Waals surface area contributed by atoms with Crippen LogP contribution in [0.1, 0.15) is 19.3 Å². The lowest BCUT2D eigenvalue weighted by atomic mass is 10.1. The van der Waals surface area contributed by atoms with Crippen LogP contribution in [0, 0.1) is 0 Å². The average Bonchev–Trinajstić information content (AvgIpc) is 2.26. The molecule has 1 aliphatic rings.